The molecule has 1 heterocycles. The van der Waals surface area contributed by atoms with Crippen LogP contribution >= 0.6 is 0 Å². The normalized spacial score (nSPS) is 10.5. The van der Waals surface area contributed by atoms with Crippen LogP contribution in [-0.4, -0.2) is 30.3 Å². The molecule has 0 aliphatic carbocycles. The molecule has 0 radical (unpaired) electrons. The van der Waals surface area contributed by atoms with Crippen molar-refractivity contribution in [2.75, 3.05) is 19.5 Å². The van der Waals surface area contributed by atoms with Gasteiger partial charge in [0.15, 0.2) is 0 Å². The molecule has 0 saturated carbocycles. The summed E-state index contributed by atoms with van der Waals surface area (Å²) in [6.45, 7) is 0. The quantitative estimate of drug-likeness (QED) is 0.684. The zero-order valence-electron chi connectivity index (χ0n) is 14.9. The van der Waals surface area contributed by atoms with Gasteiger partial charge >= 0.3 is 0 Å². The van der Waals surface area contributed by atoms with Crippen LogP contribution in [0.4, 0.5) is 10.1 Å². The first kappa shape index (κ1) is 18.4. The van der Waals surface area contributed by atoms with Gasteiger partial charge in [-0.15, -0.1) is 10.2 Å². The van der Waals surface area contributed by atoms with Crippen LogP contribution in [0.15, 0.2) is 46.9 Å². The van der Waals surface area contributed by atoms with E-state index in [1.807, 2.05) is 0 Å². The van der Waals surface area contributed by atoms with E-state index in [0.717, 1.165) is 0 Å². The Morgan fingerprint density at radius 1 is 1.15 bits per heavy atom. The number of hydrogen-bond donors (Lipinski definition) is 1. The van der Waals surface area contributed by atoms with Crippen LogP contribution in [0.5, 0.6) is 11.5 Å². The number of aromatic nitrogens is 2. The maximum absolute atomic E-state index is 13.8. The number of nitrogens with zero attached hydrogens (tertiary/aromatic N) is 2. The lowest BCUT2D eigenvalue weighted by Gasteiger charge is -2.11. The SMILES string of the molecule is COc1ccc(OC)c(NC(=O)CCc2nnc(-c3ccccc3F)o2)c1. The predicted octanol–water partition coefficient (Wildman–Crippen LogP) is 3.46. The van der Waals surface area contributed by atoms with E-state index in [1.165, 1.54) is 20.3 Å². The molecule has 0 spiro atoms. The molecule has 7 nitrogen and oxygen atoms in total. The van der Waals surface area contributed by atoms with E-state index < -0.39 is 5.82 Å². The number of carbonyl (C=O) groups excluding carboxylic acids is 1. The first-order chi connectivity index (χ1) is 13.1. The second-order valence-corrected chi connectivity index (χ2v) is 5.60. The standard InChI is InChI=1S/C19H18FN3O4/c1-25-12-7-8-16(26-2)15(11-12)21-17(24)9-10-18-22-23-19(27-18)13-5-3-4-6-14(13)20/h3-8,11H,9-10H2,1-2H3,(H,21,24). The van der Waals surface area contributed by atoms with E-state index in [2.05, 4.69) is 15.5 Å². The average Bonchev–Trinajstić information content (AvgIpc) is 3.15. The minimum atomic E-state index is -0.449. The Balaban J connectivity index is 1.63. The van der Waals surface area contributed by atoms with Gasteiger partial charge in [0, 0.05) is 18.9 Å². The summed E-state index contributed by atoms with van der Waals surface area (Å²) in [5, 5.41) is 10.5. The summed E-state index contributed by atoms with van der Waals surface area (Å²) in [5.74, 6) is 0.739. The van der Waals surface area contributed by atoms with Crippen molar-refractivity contribution in [3.8, 4) is 23.0 Å². The van der Waals surface area contributed by atoms with Crippen LogP contribution in [0.2, 0.25) is 0 Å². The van der Waals surface area contributed by atoms with Gasteiger partial charge in [0.2, 0.25) is 11.8 Å². The monoisotopic (exact) mass is 371 g/mol. The number of aryl methyl sites for hydroxylation is 1. The highest BCUT2D eigenvalue weighted by Gasteiger charge is 2.14. The molecular weight excluding hydrogens is 353 g/mol. The number of nitrogens with one attached hydrogen (secondary N) is 1. The van der Waals surface area contributed by atoms with Crippen molar-refractivity contribution >= 4 is 11.6 Å². The van der Waals surface area contributed by atoms with E-state index in [4.69, 9.17) is 13.9 Å². The molecule has 1 aromatic heterocycles. The highest BCUT2D eigenvalue weighted by Crippen LogP contribution is 2.29. The average molecular weight is 371 g/mol. The summed E-state index contributed by atoms with van der Waals surface area (Å²) in [5.41, 5.74) is 0.723. The smallest absolute Gasteiger partial charge is 0.250 e. The van der Waals surface area contributed by atoms with Gasteiger partial charge in [-0.25, -0.2) is 4.39 Å². The topological polar surface area (TPSA) is 86.5 Å². The van der Waals surface area contributed by atoms with Crippen molar-refractivity contribution in [3.63, 3.8) is 0 Å². The van der Waals surface area contributed by atoms with Gasteiger partial charge in [0.25, 0.3) is 5.89 Å². The molecule has 0 atom stereocenters. The lowest BCUT2D eigenvalue weighted by Crippen LogP contribution is -2.13. The third-order valence-electron chi connectivity index (χ3n) is 3.82. The number of ether oxygens (including phenoxy) is 2. The summed E-state index contributed by atoms with van der Waals surface area (Å²) in [6.07, 6.45) is 0.332. The first-order valence-corrected chi connectivity index (χ1v) is 8.20. The minimum absolute atomic E-state index is 0.0815. The molecular formula is C19H18FN3O4. The van der Waals surface area contributed by atoms with Gasteiger partial charge in [0.05, 0.1) is 25.5 Å². The van der Waals surface area contributed by atoms with Crippen molar-refractivity contribution in [1.82, 2.24) is 10.2 Å². The lowest BCUT2D eigenvalue weighted by molar-refractivity contribution is -0.116. The molecule has 27 heavy (non-hydrogen) atoms. The molecule has 0 fully saturated rings. The summed E-state index contributed by atoms with van der Waals surface area (Å²) in [7, 11) is 3.05. The number of halogens is 1. The number of benzene rings is 2. The molecule has 0 bridgehead atoms. The highest BCUT2D eigenvalue weighted by molar-refractivity contribution is 5.92. The maximum Gasteiger partial charge on any atom is 0.250 e. The summed E-state index contributed by atoms with van der Waals surface area (Å²) in [4.78, 5) is 12.2. The number of anilines is 1. The Labute approximate surface area is 155 Å². The summed E-state index contributed by atoms with van der Waals surface area (Å²) < 4.78 is 29.6. The fourth-order valence-electron chi connectivity index (χ4n) is 2.44. The first-order valence-electron chi connectivity index (χ1n) is 8.20. The van der Waals surface area contributed by atoms with Crippen LogP contribution in [0.3, 0.4) is 0 Å². The molecule has 140 valence electrons. The zero-order valence-corrected chi connectivity index (χ0v) is 14.9. The van der Waals surface area contributed by atoms with Crippen molar-refractivity contribution in [2.24, 2.45) is 0 Å². The molecule has 1 N–H and O–H groups in total. The van der Waals surface area contributed by atoms with Crippen molar-refractivity contribution < 1.29 is 23.1 Å². The van der Waals surface area contributed by atoms with Gasteiger partial charge in [-0.3, -0.25) is 4.79 Å². The fourth-order valence-corrected chi connectivity index (χ4v) is 2.44. The number of methoxy groups -OCH3 is 2. The van der Waals surface area contributed by atoms with E-state index in [1.54, 1.807) is 36.4 Å². The Morgan fingerprint density at radius 2 is 1.96 bits per heavy atom. The molecule has 8 heteroatoms. The van der Waals surface area contributed by atoms with Crippen LogP contribution in [-0.2, 0) is 11.2 Å². The third-order valence-corrected chi connectivity index (χ3v) is 3.82. The van der Waals surface area contributed by atoms with Crippen LogP contribution in [0.25, 0.3) is 11.5 Å². The highest BCUT2D eigenvalue weighted by atomic mass is 19.1. The van der Waals surface area contributed by atoms with Gasteiger partial charge in [-0.05, 0) is 24.3 Å². The van der Waals surface area contributed by atoms with Crippen molar-refractivity contribution in [2.45, 2.75) is 12.8 Å². The molecule has 0 aliphatic rings. The van der Waals surface area contributed by atoms with Gasteiger partial charge in [-0.1, -0.05) is 12.1 Å². The molecule has 0 aliphatic heterocycles. The van der Waals surface area contributed by atoms with E-state index in [9.17, 15) is 9.18 Å². The van der Waals surface area contributed by atoms with Crippen LogP contribution < -0.4 is 14.8 Å². The summed E-state index contributed by atoms with van der Waals surface area (Å²) in [6, 6.07) is 11.2. The lowest BCUT2D eigenvalue weighted by atomic mass is 10.2. The fraction of sp³-hybridized carbons (Fsp3) is 0.211. The van der Waals surface area contributed by atoms with Gasteiger partial charge < -0.3 is 19.2 Å². The molecule has 3 rings (SSSR count). The minimum Gasteiger partial charge on any atom is -0.497 e. The number of carbonyl (C=O) groups is 1. The second-order valence-electron chi connectivity index (χ2n) is 5.60. The van der Waals surface area contributed by atoms with E-state index >= 15 is 0 Å². The zero-order chi connectivity index (χ0) is 19.2. The maximum atomic E-state index is 13.8. The van der Waals surface area contributed by atoms with E-state index in [-0.39, 0.29) is 36.1 Å². The molecule has 3 aromatic rings. The number of amides is 1. The molecule has 2 aromatic carbocycles. The van der Waals surface area contributed by atoms with E-state index in [0.29, 0.717) is 17.2 Å². The van der Waals surface area contributed by atoms with Crippen LogP contribution in [0, 0.1) is 5.82 Å². The number of hydrogen-bond acceptors (Lipinski definition) is 6. The van der Waals surface area contributed by atoms with Gasteiger partial charge in [-0.2, -0.15) is 0 Å². The Hall–Kier alpha value is -3.42. The van der Waals surface area contributed by atoms with Crippen molar-refractivity contribution in [3.05, 3.63) is 54.2 Å². The summed E-state index contributed by atoms with van der Waals surface area (Å²) >= 11 is 0. The Morgan fingerprint density at radius 3 is 2.70 bits per heavy atom. The second kappa shape index (κ2) is 8.31. The molecule has 0 unspecified atom stereocenters. The van der Waals surface area contributed by atoms with Crippen molar-refractivity contribution in [1.29, 1.82) is 0 Å². The largest absolute Gasteiger partial charge is 0.497 e. The van der Waals surface area contributed by atoms with Crippen LogP contribution in [0.1, 0.15) is 12.3 Å². The third kappa shape index (κ3) is 4.41. The number of rotatable bonds is 7. The molecule has 1 amide bonds. The van der Waals surface area contributed by atoms with Gasteiger partial charge in [0.1, 0.15) is 17.3 Å². The predicted molar refractivity (Wildman–Crippen MR) is 96.2 cm³/mol. The molecule has 0 saturated heterocycles. The Bertz CT molecular complexity index is 942. The Kier molecular flexibility index (Phi) is 5.65.